The van der Waals surface area contributed by atoms with Crippen LogP contribution in [0.5, 0.6) is 0 Å². The smallest absolute Gasteiger partial charge is 0.230 e. The molecule has 3 aliphatic rings. The molecule has 1 saturated carbocycles. The van der Waals surface area contributed by atoms with Crippen molar-refractivity contribution < 1.29 is 9.90 Å². The molecule has 2 heterocycles. The van der Waals surface area contributed by atoms with Crippen LogP contribution in [0.4, 0.5) is 11.4 Å². The highest BCUT2D eigenvalue weighted by Gasteiger charge is 2.34. The number of hydrogen-bond acceptors (Lipinski definition) is 4. The molecule has 0 radical (unpaired) electrons. The number of hydrogen-bond donors (Lipinski definition) is 1. The maximum Gasteiger partial charge on any atom is 0.230 e. The second-order valence-corrected chi connectivity index (χ2v) is 10.2. The van der Waals surface area contributed by atoms with Crippen molar-refractivity contribution in [3.63, 3.8) is 0 Å². The zero-order chi connectivity index (χ0) is 22.8. The van der Waals surface area contributed by atoms with Gasteiger partial charge in [0.2, 0.25) is 5.91 Å². The third kappa shape index (κ3) is 4.67. The highest BCUT2D eigenvalue weighted by molar-refractivity contribution is 5.96. The lowest BCUT2D eigenvalue weighted by molar-refractivity contribution is -0.123. The quantitative estimate of drug-likeness (QED) is 0.747. The molecule has 5 nitrogen and oxygen atoms in total. The van der Waals surface area contributed by atoms with E-state index >= 15 is 0 Å². The summed E-state index contributed by atoms with van der Waals surface area (Å²) in [5.74, 6) is 0.257. The largest absolute Gasteiger partial charge is 0.385 e. The second-order valence-electron chi connectivity index (χ2n) is 10.2. The average molecular weight is 448 g/mol. The average Bonchev–Trinajstić information content (AvgIpc) is 3.29. The third-order valence-corrected chi connectivity index (χ3v) is 8.00. The predicted octanol–water partition coefficient (Wildman–Crippen LogP) is 4.19. The molecule has 1 N–H and O–H groups in total. The Kier molecular flexibility index (Phi) is 6.44. The number of anilines is 2. The number of benzene rings is 2. The molecule has 2 aromatic rings. The molecular weight excluding hydrogens is 410 g/mol. The maximum absolute atomic E-state index is 13.5. The van der Waals surface area contributed by atoms with Crippen LogP contribution in [0.1, 0.15) is 49.7 Å². The fourth-order valence-electron chi connectivity index (χ4n) is 5.90. The van der Waals surface area contributed by atoms with Crippen LogP contribution in [-0.4, -0.2) is 55.7 Å². The minimum Gasteiger partial charge on any atom is -0.385 e. The summed E-state index contributed by atoms with van der Waals surface area (Å²) in [6.45, 7) is 5.01. The number of nitrogens with zero attached hydrogens (tertiary/aromatic N) is 3. The summed E-state index contributed by atoms with van der Waals surface area (Å²) in [6, 6.07) is 16.8. The Morgan fingerprint density at radius 3 is 2.33 bits per heavy atom. The Morgan fingerprint density at radius 2 is 1.61 bits per heavy atom. The molecule has 5 heteroatoms. The van der Waals surface area contributed by atoms with Crippen molar-refractivity contribution >= 4 is 17.3 Å². The van der Waals surface area contributed by atoms with Crippen LogP contribution >= 0.6 is 0 Å². The van der Waals surface area contributed by atoms with Crippen molar-refractivity contribution in [2.75, 3.05) is 49.6 Å². The number of piperidine rings is 1. The van der Waals surface area contributed by atoms with Gasteiger partial charge in [-0.1, -0.05) is 43.2 Å². The number of carbonyl (C=O) groups is 1. The highest BCUT2D eigenvalue weighted by Crippen LogP contribution is 2.39. The molecule has 3 fully saturated rings. The number of rotatable bonds is 5. The van der Waals surface area contributed by atoms with Crippen molar-refractivity contribution in [3.8, 4) is 0 Å². The molecule has 33 heavy (non-hydrogen) atoms. The molecule has 1 aliphatic carbocycles. The Bertz CT molecular complexity index is 959. The fourth-order valence-corrected chi connectivity index (χ4v) is 5.90. The third-order valence-electron chi connectivity index (χ3n) is 8.00. The Morgan fingerprint density at radius 1 is 0.909 bits per heavy atom. The van der Waals surface area contributed by atoms with Gasteiger partial charge in [0.05, 0.1) is 5.60 Å². The first-order valence-corrected chi connectivity index (χ1v) is 12.7. The Hall–Kier alpha value is -2.37. The lowest BCUT2D eigenvalue weighted by Gasteiger charge is -2.36. The van der Waals surface area contributed by atoms with Gasteiger partial charge in [-0.2, -0.15) is 0 Å². The van der Waals surface area contributed by atoms with E-state index in [9.17, 15) is 9.90 Å². The van der Waals surface area contributed by atoms with Crippen LogP contribution in [0.2, 0.25) is 0 Å². The van der Waals surface area contributed by atoms with Crippen molar-refractivity contribution in [1.29, 1.82) is 0 Å². The van der Waals surface area contributed by atoms with Gasteiger partial charge in [-0.05, 0) is 68.5 Å². The lowest BCUT2D eigenvalue weighted by Crippen LogP contribution is -2.45. The fraction of sp³-hybridized carbons (Fsp3) is 0.536. The zero-order valence-electron chi connectivity index (χ0n) is 19.9. The number of aliphatic hydroxyl groups is 1. The van der Waals surface area contributed by atoms with Crippen LogP contribution in [0.15, 0.2) is 48.5 Å². The topological polar surface area (TPSA) is 47.0 Å². The monoisotopic (exact) mass is 447 g/mol. The molecule has 5 rings (SSSR count). The Balaban J connectivity index is 1.30. The van der Waals surface area contributed by atoms with E-state index in [1.165, 1.54) is 11.3 Å². The number of para-hydroxylation sites is 1. The van der Waals surface area contributed by atoms with E-state index in [1.54, 1.807) is 0 Å². The summed E-state index contributed by atoms with van der Waals surface area (Å²) in [5.41, 5.74) is 3.86. The van der Waals surface area contributed by atoms with Crippen molar-refractivity contribution in [3.05, 3.63) is 59.7 Å². The van der Waals surface area contributed by atoms with Crippen molar-refractivity contribution in [2.45, 2.75) is 50.5 Å². The second kappa shape index (κ2) is 9.47. The van der Waals surface area contributed by atoms with Gasteiger partial charge < -0.3 is 19.8 Å². The summed E-state index contributed by atoms with van der Waals surface area (Å²) in [4.78, 5) is 20.3. The summed E-state index contributed by atoms with van der Waals surface area (Å²) in [7, 11) is 2.18. The number of piperazine rings is 1. The van der Waals surface area contributed by atoms with E-state index in [2.05, 4.69) is 41.1 Å². The van der Waals surface area contributed by atoms with Gasteiger partial charge in [0.15, 0.2) is 0 Å². The number of likely N-dealkylation sites (N-methyl/N-ethyl adjacent to an activating group) is 1. The molecule has 176 valence electrons. The van der Waals surface area contributed by atoms with E-state index in [4.69, 9.17) is 0 Å². The van der Waals surface area contributed by atoms with Gasteiger partial charge in [-0.15, -0.1) is 0 Å². The SMILES string of the molecule is CN1CCN(c2ccccc2C[C@H]2CCCN(c3ccc(C4(O)CCCC4)cc3)C2=O)CC1. The van der Waals surface area contributed by atoms with Gasteiger partial charge in [-0.25, -0.2) is 0 Å². The molecule has 2 saturated heterocycles. The van der Waals surface area contributed by atoms with Crippen LogP contribution in [0.25, 0.3) is 0 Å². The minimum absolute atomic E-state index is 0.0195. The summed E-state index contributed by atoms with van der Waals surface area (Å²) in [5, 5.41) is 10.9. The standard InChI is InChI=1S/C28H37N3O2/c1-29-17-19-30(20-18-29)26-9-3-2-7-22(26)21-23-8-6-16-31(27(23)32)25-12-10-24(11-13-25)28(33)14-4-5-15-28/h2-3,7,9-13,23,33H,4-6,8,14-21H2,1H3/t23-/m1/s1. The predicted molar refractivity (Wildman–Crippen MR) is 134 cm³/mol. The summed E-state index contributed by atoms with van der Waals surface area (Å²) in [6.07, 6.45) is 6.62. The van der Waals surface area contributed by atoms with Crippen LogP contribution in [0.3, 0.4) is 0 Å². The van der Waals surface area contributed by atoms with Crippen LogP contribution in [0, 0.1) is 5.92 Å². The summed E-state index contributed by atoms with van der Waals surface area (Å²) >= 11 is 0. The maximum atomic E-state index is 13.5. The molecule has 1 atom stereocenters. The van der Waals surface area contributed by atoms with Gasteiger partial charge in [0, 0.05) is 50.0 Å². The first-order valence-electron chi connectivity index (χ1n) is 12.7. The lowest BCUT2D eigenvalue weighted by atomic mass is 9.88. The molecule has 1 amide bonds. The molecule has 0 unspecified atom stereocenters. The first kappa shape index (κ1) is 22.4. The Labute approximate surface area is 198 Å². The molecule has 2 aliphatic heterocycles. The van der Waals surface area contributed by atoms with Gasteiger partial charge in [0.1, 0.15) is 0 Å². The minimum atomic E-state index is -0.681. The highest BCUT2D eigenvalue weighted by atomic mass is 16.3. The number of amides is 1. The molecule has 0 spiro atoms. The normalized spacial score (nSPS) is 23.8. The molecule has 0 aromatic heterocycles. The van der Waals surface area contributed by atoms with Gasteiger partial charge in [0.25, 0.3) is 0 Å². The van der Waals surface area contributed by atoms with E-state index in [1.807, 2.05) is 29.2 Å². The zero-order valence-corrected chi connectivity index (χ0v) is 19.9. The molecular formula is C28H37N3O2. The van der Waals surface area contributed by atoms with Crippen LogP contribution < -0.4 is 9.80 Å². The van der Waals surface area contributed by atoms with E-state index in [-0.39, 0.29) is 11.8 Å². The van der Waals surface area contributed by atoms with E-state index in [0.717, 1.165) is 88.9 Å². The van der Waals surface area contributed by atoms with Crippen LogP contribution in [-0.2, 0) is 16.8 Å². The van der Waals surface area contributed by atoms with Crippen molar-refractivity contribution in [1.82, 2.24) is 4.90 Å². The van der Waals surface area contributed by atoms with Crippen molar-refractivity contribution in [2.24, 2.45) is 5.92 Å². The number of carbonyl (C=O) groups excluding carboxylic acids is 1. The first-order chi connectivity index (χ1) is 16.0. The molecule has 0 bridgehead atoms. The van der Waals surface area contributed by atoms with E-state index < -0.39 is 5.60 Å². The summed E-state index contributed by atoms with van der Waals surface area (Å²) < 4.78 is 0. The van der Waals surface area contributed by atoms with E-state index in [0.29, 0.717) is 0 Å². The van der Waals surface area contributed by atoms with Gasteiger partial charge in [-0.3, -0.25) is 4.79 Å². The molecule has 2 aromatic carbocycles. The van der Waals surface area contributed by atoms with Gasteiger partial charge >= 0.3 is 0 Å².